The van der Waals surface area contributed by atoms with Gasteiger partial charge >= 0.3 is 0 Å². The summed E-state index contributed by atoms with van der Waals surface area (Å²) in [4.78, 5) is 15.2. The molecule has 1 N–H and O–H groups in total. The molecule has 6 nitrogen and oxygen atoms in total. The van der Waals surface area contributed by atoms with Gasteiger partial charge in [-0.3, -0.25) is 9.10 Å². The van der Waals surface area contributed by atoms with Crippen molar-refractivity contribution in [3.8, 4) is 0 Å². The van der Waals surface area contributed by atoms with Gasteiger partial charge in [-0.05, 0) is 62.8 Å². The van der Waals surface area contributed by atoms with E-state index in [1.807, 2.05) is 25.3 Å². The van der Waals surface area contributed by atoms with Crippen molar-refractivity contribution in [3.63, 3.8) is 0 Å². The van der Waals surface area contributed by atoms with Crippen LogP contribution < -0.4 is 9.62 Å². The topological polar surface area (TPSA) is 69.7 Å². The highest BCUT2D eigenvalue weighted by Gasteiger charge is 2.27. The third-order valence-electron chi connectivity index (χ3n) is 3.91. The zero-order valence-electron chi connectivity index (χ0n) is 16.1. The summed E-state index contributed by atoms with van der Waals surface area (Å²) >= 11 is 1.49. The van der Waals surface area contributed by atoms with Crippen molar-refractivity contribution in [3.05, 3.63) is 54.3 Å². The number of benzene rings is 2. The second kappa shape index (κ2) is 9.90. The van der Waals surface area contributed by atoms with E-state index >= 15 is 0 Å². The second-order valence-electron chi connectivity index (χ2n) is 6.32. The van der Waals surface area contributed by atoms with E-state index in [1.165, 1.54) is 42.1 Å². The average Bonchev–Trinajstić information content (AvgIpc) is 2.65. The van der Waals surface area contributed by atoms with Crippen molar-refractivity contribution in [2.45, 2.75) is 9.79 Å². The minimum atomic E-state index is -4.05. The monoisotopic (exact) mass is 425 g/mol. The molecule has 0 unspecified atom stereocenters. The minimum Gasteiger partial charge on any atom is -0.353 e. The molecule has 28 heavy (non-hydrogen) atoms. The number of anilines is 1. The van der Waals surface area contributed by atoms with Crippen LogP contribution in [-0.4, -0.2) is 59.2 Å². The third-order valence-corrected chi connectivity index (χ3v) is 6.44. The maximum Gasteiger partial charge on any atom is 0.264 e. The Balaban J connectivity index is 2.32. The third kappa shape index (κ3) is 5.95. The van der Waals surface area contributed by atoms with Crippen molar-refractivity contribution < 1.29 is 17.6 Å². The molecule has 0 aromatic heterocycles. The quantitative estimate of drug-likeness (QED) is 0.625. The molecule has 1 amide bonds. The first-order chi connectivity index (χ1) is 13.2. The summed E-state index contributed by atoms with van der Waals surface area (Å²) in [5.41, 5.74) is 0.0942. The van der Waals surface area contributed by atoms with E-state index in [2.05, 4.69) is 5.32 Å². The van der Waals surface area contributed by atoms with Crippen molar-refractivity contribution in [1.29, 1.82) is 0 Å². The molecule has 0 aliphatic carbocycles. The van der Waals surface area contributed by atoms with Gasteiger partial charge in [0.05, 0.1) is 10.6 Å². The second-order valence-corrected chi connectivity index (χ2v) is 9.06. The predicted octanol–water partition coefficient (Wildman–Crippen LogP) is 2.42. The smallest absolute Gasteiger partial charge is 0.264 e. The number of carbonyl (C=O) groups excluding carboxylic acids is 1. The maximum absolute atomic E-state index is 13.7. The number of hydrogen-bond donors (Lipinski definition) is 1. The van der Waals surface area contributed by atoms with E-state index in [9.17, 15) is 17.6 Å². The molecule has 2 aromatic rings. The number of nitrogens with one attached hydrogen (secondary N) is 1. The number of likely N-dealkylation sites (N-methyl/N-ethyl adjacent to an activating group) is 1. The molecule has 0 saturated carbocycles. The number of nitrogens with zero attached hydrogens (tertiary/aromatic N) is 2. The molecule has 0 heterocycles. The Morgan fingerprint density at radius 2 is 1.82 bits per heavy atom. The van der Waals surface area contributed by atoms with Gasteiger partial charge in [0.15, 0.2) is 0 Å². The lowest BCUT2D eigenvalue weighted by atomic mass is 10.3. The zero-order chi connectivity index (χ0) is 20.7. The van der Waals surface area contributed by atoms with Gasteiger partial charge in [-0.1, -0.05) is 6.07 Å². The summed E-state index contributed by atoms with van der Waals surface area (Å²) in [6.45, 7) is 0.559. The molecule has 0 spiro atoms. The summed E-state index contributed by atoms with van der Waals surface area (Å²) in [5.74, 6) is -1.04. The number of hydrogen-bond acceptors (Lipinski definition) is 5. The first kappa shape index (κ1) is 22.2. The molecular formula is C19H24FN3O3S2. The van der Waals surface area contributed by atoms with Crippen LogP contribution in [-0.2, 0) is 14.8 Å². The van der Waals surface area contributed by atoms with Crippen molar-refractivity contribution in [1.82, 2.24) is 10.2 Å². The van der Waals surface area contributed by atoms with E-state index in [-0.39, 0.29) is 10.6 Å². The van der Waals surface area contributed by atoms with Crippen LogP contribution in [0.5, 0.6) is 0 Å². The summed E-state index contributed by atoms with van der Waals surface area (Å²) in [7, 11) is -0.308. The number of halogens is 1. The standard InChI is InChI=1S/C19H24FN3O3S2/c1-22(2)12-11-21-19(24)14-23(16-6-4-5-15(20)13-16)28(25,26)18-9-7-17(27-3)8-10-18/h4-10,13H,11-12,14H2,1-3H3,(H,21,24). The summed E-state index contributed by atoms with van der Waals surface area (Å²) in [6.07, 6.45) is 1.89. The van der Waals surface area contributed by atoms with Crippen LogP contribution in [0.25, 0.3) is 0 Å². The first-order valence-corrected chi connectivity index (χ1v) is 11.2. The SMILES string of the molecule is CSc1ccc(S(=O)(=O)N(CC(=O)NCCN(C)C)c2cccc(F)c2)cc1. The lowest BCUT2D eigenvalue weighted by Crippen LogP contribution is -2.42. The fraction of sp³-hybridized carbons (Fsp3) is 0.316. The molecule has 0 fully saturated rings. The molecule has 152 valence electrons. The Morgan fingerprint density at radius 1 is 1.14 bits per heavy atom. The van der Waals surface area contributed by atoms with Crippen LogP contribution in [0, 0.1) is 5.82 Å². The van der Waals surface area contributed by atoms with E-state index in [0.717, 1.165) is 15.3 Å². The Bertz CT molecular complexity index is 903. The summed E-state index contributed by atoms with van der Waals surface area (Å²) in [5, 5.41) is 2.69. The number of rotatable bonds is 9. The largest absolute Gasteiger partial charge is 0.353 e. The molecule has 0 saturated heterocycles. The van der Waals surface area contributed by atoms with Crippen LogP contribution >= 0.6 is 11.8 Å². The Hall–Kier alpha value is -2.10. The van der Waals surface area contributed by atoms with E-state index in [4.69, 9.17) is 0 Å². The minimum absolute atomic E-state index is 0.0376. The van der Waals surface area contributed by atoms with Crippen molar-refractivity contribution in [2.75, 3.05) is 44.3 Å². The van der Waals surface area contributed by atoms with E-state index in [0.29, 0.717) is 13.1 Å². The van der Waals surface area contributed by atoms with Crippen molar-refractivity contribution >= 4 is 33.4 Å². The molecule has 0 radical (unpaired) electrons. The highest BCUT2D eigenvalue weighted by atomic mass is 32.2. The molecule has 0 atom stereocenters. The van der Waals surface area contributed by atoms with Crippen LogP contribution in [0.1, 0.15) is 0 Å². The number of amides is 1. The molecule has 0 aliphatic heterocycles. The van der Waals surface area contributed by atoms with Crippen LogP contribution in [0.15, 0.2) is 58.3 Å². The highest BCUT2D eigenvalue weighted by Crippen LogP contribution is 2.25. The van der Waals surface area contributed by atoms with Gasteiger partial charge in [-0.25, -0.2) is 12.8 Å². The molecule has 2 aromatic carbocycles. The van der Waals surface area contributed by atoms with Gasteiger partial charge in [-0.2, -0.15) is 0 Å². The van der Waals surface area contributed by atoms with Gasteiger partial charge in [0, 0.05) is 18.0 Å². The Kier molecular flexibility index (Phi) is 7.85. The summed E-state index contributed by atoms with van der Waals surface area (Å²) in [6, 6.07) is 11.5. The van der Waals surface area contributed by atoms with Gasteiger partial charge in [0.1, 0.15) is 12.4 Å². The zero-order valence-corrected chi connectivity index (χ0v) is 17.7. The van der Waals surface area contributed by atoms with Gasteiger partial charge in [0.25, 0.3) is 10.0 Å². The normalized spacial score (nSPS) is 11.5. The van der Waals surface area contributed by atoms with E-state index < -0.39 is 28.3 Å². The molecular weight excluding hydrogens is 401 g/mol. The highest BCUT2D eigenvalue weighted by molar-refractivity contribution is 7.98. The first-order valence-electron chi connectivity index (χ1n) is 8.58. The van der Waals surface area contributed by atoms with Crippen LogP contribution in [0.4, 0.5) is 10.1 Å². The molecule has 9 heteroatoms. The van der Waals surface area contributed by atoms with Gasteiger partial charge in [0.2, 0.25) is 5.91 Å². The van der Waals surface area contributed by atoms with Crippen molar-refractivity contribution in [2.24, 2.45) is 0 Å². The fourth-order valence-electron chi connectivity index (χ4n) is 2.43. The lowest BCUT2D eigenvalue weighted by molar-refractivity contribution is -0.119. The number of sulfonamides is 1. The maximum atomic E-state index is 13.7. The fourth-order valence-corrected chi connectivity index (χ4v) is 4.25. The van der Waals surface area contributed by atoms with Gasteiger partial charge in [-0.15, -0.1) is 11.8 Å². The van der Waals surface area contributed by atoms with Crippen LogP contribution in [0.3, 0.4) is 0 Å². The number of thioether (sulfide) groups is 1. The number of carbonyl (C=O) groups is 1. The summed E-state index contributed by atoms with van der Waals surface area (Å²) < 4.78 is 41.0. The molecule has 0 aliphatic rings. The Labute approximate surface area is 169 Å². The Morgan fingerprint density at radius 3 is 2.39 bits per heavy atom. The van der Waals surface area contributed by atoms with E-state index in [1.54, 1.807) is 12.1 Å². The average molecular weight is 426 g/mol. The molecule has 0 bridgehead atoms. The predicted molar refractivity (Wildman–Crippen MR) is 111 cm³/mol. The molecule has 2 rings (SSSR count). The lowest BCUT2D eigenvalue weighted by Gasteiger charge is -2.24. The van der Waals surface area contributed by atoms with Gasteiger partial charge < -0.3 is 10.2 Å². The van der Waals surface area contributed by atoms with Crippen LogP contribution in [0.2, 0.25) is 0 Å².